The highest BCUT2D eigenvalue weighted by molar-refractivity contribution is 5.89. The van der Waals surface area contributed by atoms with Gasteiger partial charge in [-0.15, -0.1) is 0 Å². The number of Topliss-reactive ketones (excluding diaryl/α,β-unsaturated/α-hetero) is 1. The van der Waals surface area contributed by atoms with Crippen molar-refractivity contribution in [3.05, 3.63) is 30.1 Å². The molecule has 3 fully saturated rings. The number of nitriles is 1. The number of ketones is 1. The van der Waals surface area contributed by atoms with Crippen molar-refractivity contribution in [2.45, 2.75) is 76.2 Å². The van der Waals surface area contributed by atoms with E-state index in [1.54, 1.807) is 17.0 Å². The van der Waals surface area contributed by atoms with Gasteiger partial charge in [-0.2, -0.15) is 5.26 Å². The third kappa shape index (κ3) is 5.25. The standard InChI is InChI=1S/C24H30F2N4O2/c25-24(26,13-18-3-1-10-28-16-18)14-19(20(31)15-23(17-27)6-7-23)29-21(32)30-11-8-22(9-12-30)4-2-5-22/h1,3,10,16,19H,2,4-9,11-15H2,(H,29,32)/t19-/m0/s1. The first kappa shape index (κ1) is 22.6. The van der Waals surface area contributed by atoms with Crippen molar-refractivity contribution in [3.63, 3.8) is 0 Å². The molecule has 1 aliphatic heterocycles. The molecule has 2 heterocycles. The summed E-state index contributed by atoms with van der Waals surface area (Å²) in [6, 6.07) is 3.51. The molecule has 1 aromatic rings. The number of alkyl halides is 2. The zero-order valence-electron chi connectivity index (χ0n) is 18.3. The number of likely N-dealkylation sites (tertiary alicyclic amines) is 1. The van der Waals surface area contributed by atoms with E-state index >= 15 is 0 Å². The molecule has 3 aliphatic rings. The van der Waals surface area contributed by atoms with Crippen molar-refractivity contribution in [3.8, 4) is 6.07 Å². The number of carbonyl (C=O) groups excluding carboxylic acids is 2. The molecule has 0 bridgehead atoms. The molecule has 4 rings (SSSR count). The molecule has 1 spiro atoms. The fourth-order valence-corrected chi connectivity index (χ4v) is 4.95. The van der Waals surface area contributed by atoms with E-state index in [1.165, 1.54) is 31.7 Å². The van der Waals surface area contributed by atoms with E-state index in [2.05, 4.69) is 16.4 Å². The summed E-state index contributed by atoms with van der Waals surface area (Å²) >= 11 is 0. The van der Waals surface area contributed by atoms with Crippen molar-refractivity contribution < 1.29 is 18.4 Å². The van der Waals surface area contributed by atoms with Gasteiger partial charge in [0.15, 0.2) is 5.78 Å². The lowest BCUT2D eigenvalue weighted by atomic mass is 9.63. The number of halogens is 2. The SMILES string of the molecule is N#CC1(CC(=O)[C@H](CC(F)(F)Cc2cccnc2)NC(=O)N2CCC3(CCC3)CC2)CC1. The van der Waals surface area contributed by atoms with Gasteiger partial charge in [0.1, 0.15) is 0 Å². The summed E-state index contributed by atoms with van der Waals surface area (Å²) in [7, 11) is 0. The number of amides is 2. The number of piperidine rings is 1. The summed E-state index contributed by atoms with van der Waals surface area (Å²) in [5.74, 6) is -3.69. The van der Waals surface area contributed by atoms with Gasteiger partial charge < -0.3 is 10.2 Å². The van der Waals surface area contributed by atoms with Gasteiger partial charge in [0.2, 0.25) is 0 Å². The molecule has 1 saturated heterocycles. The monoisotopic (exact) mass is 444 g/mol. The number of hydrogen-bond acceptors (Lipinski definition) is 4. The van der Waals surface area contributed by atoms with Gasteiger partial charge in [-0.3, -0.25) is 9.78 Å². The maximum absolute atomic E-state index is 14.9. The number of rotatable bonds is 8. The summed E-state index contributed by atoms with van der Waals surface area (Å²) in [6.07, 6.45) is 8.10. The number of nitrogens with one attached hydrogen (secondary N) is 1. The lowest BCUT2D eigenvalue weighted by Gasteiger charge is -2.48. The summed E-state index contributed by atoms with van der Waals surface area (Å²) in [5, 5.41) is 11.9. The average Bonchev–Trinajstić information content (AvgIpc) is 3.52. The highest BCUT2D eigenvalue weighted by Gasteiger charge is 2.48. The van der Waals surface area contributed by atoms with Crippen molar-refractivity contribution in [2.75, 3.05) is 13.1 Å². The van der Waals surface area contributed by atoms with Crippen molar-refractivity contribution in [2.24, 2.45) is 10.8 Å². The zero-order valence-corrected chi connectivity index (χ0v) is 18.3. The first-order valence-corrected chi connectivity index (χ1v) is 11.5. The largest absolute Gasteiger partial charge is 0.328 e. The molecule has 2 saturated carbocycles. The van der Waals surface area contributed by atoms with Crippen LogP contribution < -0.4 is 5.32 Å². The molecule has 0 radical (unpaired) electrons. The Kier molecular flexibility index (Phi) is 6.19. The lowest BCUT2D eigenvalue weighted by Crippen LogP contribution is -2.54. The van der Waals surface area contributed by atoms with Gasteiger partial charge in [0, 0.05) is 44.7 Å². The Morgan fingerprint density at radius 1 is 1.22 bits per heavy atom. The molecule has 1 aromatic heterocycles. The normalized spacial score (nSPS) is 21.8. The number of hydrogen-bond donors (Lipinski definition) is 1. The minimum Gasteiger partial charge on any atom is -0.328 e. The van der Waals surface area contributed by atoms with Crippen molar-refractivity contribution in [1.82, 2.24) is 15.2 Å². The summed E-state index contributed by atoms with van der Waals surface area (Å²) in [4.78, 5) is 31.3. The van der Waals surface area contributed by atoms with Crippen LogP contribution in [0, 0.1) is 22.2 Å². The Labute approximate surface area is 187 Å². The van der Waals surface area contributed by atoms with E-state index in [0.717, 1.165) is 12.8 Å². The molecule has 0 aromatic carbocycles. The Morgan fingerprint density at radius 2 is 1.94 bits per heavy atom. The summed E-state index contributed by atoms with van der Waals surface area (Å²) < 4.78 is 29.8. The second kappa shape index (κ2) is 8.76. The highest BCUT2D eigenvalue weighted by Crippen LogP contribution is 2.49. The predicted octanol–water partition coefficient (Wildman–Crippen LogP) is 4.26. The Bertz CT molecular complexity index is 881. The molecule has 1 atom stereocenters. The molecular weight excluding hydrogens is 414 g/mol. The van der Waals surface area contributed by atoms with Gasteiger partial charge in [-0.25, -0.2) is 13.6 Å². The Balaban J connectivity index is 1.41. The second-order valence-corrected chi connectivity index (χ2v) is 9.98. The van der Waals surface area contributed by atoms with Crippen LogP contribution in [0.4, 0.5) is 13.6 Å². The van der Waals surface area contributed by atoms with Gasteiger partial charge in [-0.1, -0.05) is 12.5 Å². The number of pyridine rings is 1. The average molecular weight is 445 g/mol. The van der Waals surface area contributed by atoms with Crippen molar-refractivity contribution >= 4 is 11.8 Å². The smallest absolute Gasteiger partial charge is 0.317 e. The van der Waals surface area contributed by atoms with Crippen LogP contribution in [0.25, 0.3) is 0 Å². The minimum absolute atomic E-state index is 0.0967. The third-order valence-electron chi connectivity index (χ3n) is 7.50. The van der Waals surface area contributed by atoms with E-state index in [0.29, 0.717) is 36.9 Å². The maximum atomic E-state index is 14.9. The maximum Gasteiger partial charge on any atom is 0.317 e. The lowest BCUT2D eigenvalue weighted by molar-refractivity contribution is -0.124. The van der Waals surface area contributed by atoms with Gasteiger partial charge in [0.25, 0.3) is 5.92 Å². The molecule has 8 heteroatoms. The van der Waals surface area contributed by atoms with Crippen LogP contribution in [0.3, 0.4) is 0 Å². The molecule has 32 heavy (non-hydrogen) atoms. The summed E-state index contributed by atoms with van der Waals surface area (Å²) in [6.45, 7) is 1.17. The van der Waals surface area contributed by atoms with Crippen LogP contribution in [0.15, 0.2) is 24.5 Å². The first-order chi connectivity index (χ1) is 15.2. The van der Waals surface area contributed by atoms with E-state index in [-0.39, 0.29) is 6.42 Å². The summed E-state index contributed by atoms with van der Waals surface area (Å²) in [5.41, 5.74) is -0.0264. The molecular formula is C24H30F2N4O2. The molecule has 1 N–H and O–H groups in total. The number of nitrogens with zero attached hydrogens (tertiary/aromatic N) is 3. The second-order valence-electron chi connectivity index (χ2n) is 9.98. The van der Waals surface area contributed by atoms with Gasteiger partial charge in [-0.05, 0) is 55.6 Å². The highest BCUT2D eigenvalue weighted by atomic mass is 19.3. The van der Waals surface area contributed by atoms with Crippen LogP contribution in [0.1, 0.15) is 63.4 Å². The molecule has 2 aliphatic carbocycles. The van der Waals surface area contributed by atoms with Gasteiger partial charge >= 0.3 is 6.03 Å². The number of aromatic nitrogens is 1. The van der Waals surface area contributed by atoms with Crippen LogP contribution in [0.2, 0.25) is 0 Å². The topological polar surface area (TPSA) is 86.1 Å². The molecule has 172 valence electrons. The minimum atomic E-state index is -3.20. The zero-order chi connectivity index (χ0) is 22.8. The predicted molar refractivity (Wildman–Crippen MR) is 114 cm³/mol. The van der Waals surface area contributed by atoms with Crippen LogP contribution in [-0.2, 0) is 11.2 Å². The van der Waals surface area contributed by atoms with E-state index in [9.17, 15) is 23.6 Å². The first-order valence-electron chi connectivity index (χ1n) is 11.5. The Morgan fingerprint density at radius 3 is 2.47 bits per heavy atom. The molecule has 0 unspecified atom stereocenters. The van der Waals surface area contributed by atoms with Gasteiger partial charge in [0.05, 0.1) is 17.5 Å². The van der Waals surface area contributed by atoms with E-state index in [1.807, 2.05) is 0 Å². The van der Waals surface area contributed by atoms with Crippen LogP contribution in [0.5, 0.6) is 0 Å². The third-order valence-corrected chi connectivity index (χ3v) is 7.50. The molecule has 2 amide bonds. The fourth-order valence-electron chi connectivity index (χ4n) is 4.95. The van der Waals surface area contributed by atoms with E-state index in [4.69, 9.17) is 0 Å². The van der Waals surface area contributed by atoms with Crippen LogP contribution in [-0.4, -0.2) is 46.8 Å². The quantitative estimate of drug-likeness (QED) is 0.649. The van der Waals surface area contributed by atoms with Crippen molar-refractivity contribution in [1.29, 1.82) is 5.26 Å². The Hall–Kier alpha value is -2.56. The fraction of sp³-hybridized carbons (Fsp3) is 0.667. The van der Waals surface area contributed by atoms with E-state index < -0.39 is 42.0 Å². The number of carbonyl (C=O) groups is 2. The van der Waals surface area contributed by atoms with Crippen LogP contribution >= 0.6 is 0 Å². The molecule has 6 nitrogen and oxygen atoms in total. The number of urea groups is 1.